The summed E-state index contributed by atoms with van der Waals surface area (Å²) in [6.45, 7) is 0. The molecule has 0 aromatic heterocycles. The molecular formula is C12H15NO. The summed E-state index contributed by atoms with van der Waals surface area (Å²) < 4.78 is 5.92. The molecule has 1 aromatic carbocycles. The molecule has 1 heterocycles. The van der Waals surface area contributed by atoms with E-state index in [0.29, 0.717) is 12.0 Å². The van der Waals surface area contributed by atoms with Gasteiger partial charge in [-0.3, -0.25) is 0 Å². The molecule has 0 radical (unpaired) electrons. The molecule has 0 saturated heterocycles. The molecular weight excluding hydrogens is 174 g/mol. The van der Waals surface area contributed by atoms with Gasteiger partial charge in [0.1, 0.15) is 11.9 Å². The molecule has 1 aliphatic carbocycles. The zero-order chi connectivity index (χ0) is 9.54. The van der Waals surface area contributed by atoms with E-state index >= 15 is 0 Å². The van der Waals surface area contributed by atoms with E-state index in [4.69, 9.17) is 10.5 Å². The van der Waals surface area contributed by atoms with Crippen molar-refractivity contribution in [1.29, 1.82) is 0 Å². The van der Waals surface area contributed by atoms with Gasteiger partial charge >= 0.3 is 0 Å². The highest BCUT2D eigenvalue weighted by Gasteiger charge is 2.36. The minimum absolute atomic E-state index is 0.406. The SMILES string of the molecule is Nc1cccc2c1OC1CCCCC21. The zero-order valence-electron chi connectivity index (χ0n) is 8.20. The molecule has 14 heavy (non-hydrogen) atoms. The van der Waals surface area contributed by atoms with Crippen molar-refractivity contribution in [3.63, 3.8) is 0 Å². The number of benzene rings is 1. The van der Waals surface area contributed by atoms with Gasteiger partial charge in [0, 0.05) is 11.5 Å². The van der Waals surface area contributed by atoms with Crippen LogP contribution in [0.25, 0.3) is 0 Å². The van der Waals surface area contributed by atoms with Crippen LogP contribution >= 0.6 is 0 Å². The monoisotopic (exact) mass is 189 g/mol. The van der Waals surface area contributed by atoms with Crippen LogP contribution in [0, 0.1) is 0 Å². The third-order valence-electron chi connectivity index (χ3n) is 3.45. The third kappa shape index (κ3) is 1.03. The predicted octanol–water partition coefficient (Wildman–Crippen LogP) is 2.69. The molecule has 3 rings (SSSR count). The van der Waals surface area contributed by atoms with Gasteiger partial charge < -0.3 is 10.5 Å². The maximum absolute atomic E-state index is 5.92. The van der Waals surface area contributed by atoms with E-state index in [-0.39, 0.29) is 0 Å². The average Bonchev–Trinajstić information content (AvgIpc) is 2.59. The van der Waals surface area contributed by atoms with Crippen LogP contribution in [0.5, 0.6) is 5.75 Å². The van der Waals surface area contributed by atoms with Crippen LogP contribution in [0.2, 0.25) is 0 Å². The smallest absolute Gasteiger partial charge is 0.146 e. The lowest BCUT2D eigenvalue weighted by Gasteiger charge is -2.23. The number of nitrogen functional groups attached to an aromatic ring is 1. The van der Waals surface area contributed by atoms with E-state index in [9.17, 15) is 0 Å². The van der Waals surface area contributed by atoms with Gasteiger partial charge in [0.15, 0.2) is 0 Å². The Morgan fingerprint density at radius 2 is 2.07 bits per heavy atom. The number of rotatable bonds is 0. The number of anilines is 1. The van der Waals surface area contributed by atoms with Crippen LogP contribution in [0.15, 0.2) is 18.2 Å². The Hall–Kier alpha value is -1.18. The summed E-state index contributed by atoms with van der Waals surface area (Å²) in [7, 11) is 0. The van der Waals surface area contributed by atoms with Crippen LogP contribution in [-0.2, 0) is 0 Å². The molecule has 2 unspecified atom stereocenters. The van der Waals surface area contributed by atoms with E-state index in [1.807, 2.05) is 12.1 Å². The molecule has 2 heteroatoms. The molecule has 74 valence electrons. The molecule has 2 nitrogen and oxygen atoms in total. The Morgan fingerprint density at radius 1 is 1.21 bits per heavy atom. The van der Waals surface area contributed by atoms with Crippen molar-refractivity contribution >= 4 is 5.69 Å². The summed E-state index contributed by atoms with van der Waals surface area (Å²) >= 11 is 0. The maximum atomic E-state index is 5.92. The molecule has 0 amide bonds. The molecule has 1 fully saturated rings. The fourth-order valence-electron chi connectivity index (χ4n) is 2.75. The van der Waals surface area contributed by atoms with Gasteiger partial charge in [-0.15, -0.1) is 0 Å². The zero-order valence-corrected chi connectivity index (χ0v) is 8.20. The lowest BCUT2D eigenvalue weighted by molar-refractivity contribution is 0.164. The summed E-state index contributed by atoms with van der Waals surface area (Å²) in [4.78, 5) is 0. The molecule has 2 N–H and O–H groups in total. The van der Waals surface area contributed by atoms with Crippen molar-refractivity contribution in [2.75, 3.05) is 5.73 Å². The van der Waals surface area contributed by atoms with Crippen LogP contribution in [0.1, 0.15) is 37.2 Å². The Bertz CT molecular complexity index is 361. The molecule has 2 atom stereocenters. The lowest BCUT2D eigenvalue weighted by atomic mass is 9.83. The highest BCUT2D eigenvalue weighted by molar-refractivity contribution is 5.60. The summed E-state index contributed by atoms with van der Waals surface area (Å²) in [5.74, 6) is 1.58. The maximum Gasteiger partial charge on any atom is 0.146 e. The summed E-state index contributed by atoms with van der Waals surface area (Å²) in [5.41, 5.74) is 8.05. The minimum Gasteiger partial charge on any atom is -0.487 e. The first-order valence-electron chi connectivity index (χ1n) is 5.41. The van der Waals surface area contributed by atoms with Gasteiger partial charge in [-0.1, -0.05) is 18.6 Å². The van der Waals surface area contributed by atoms with Crippen molar-refractivity contribution in [3.8, 4) is 5.75 Å². The first kappa shape index (κ1) is 8.16. The highest BCUT2D eigenvalue weighted by atomic mass is 16.5. The average molecular weight is 189 g/mol. The van der Waals surface area contributed by atoms with Crippen molar-refractivity contribution < 1.29 is 4.74 Å². The number of hydrogen-bond donors (Lipinski definition) is 1. The summed E-state index contributed by atoms with van der Waals surface area (Å²) in [6.07, 6.45) is 5.50. The Kier molecular flexibility index (Phi) is 1.69. The molecule has 1 aliphatic heterocycles. The topological polar surface area (TPSA) is 35.2 Å². The first-order valence-corrected chi connectivity index (χ1v) is 5.41. The second-order valence-electron chi connectivity index (χ2n) is 4.31. The van der Waals surface area contributed by atoms with Crippen molar-refractivity contribution in [3.05, 3.63) is 23.8 Å². The quantitative estimate of drug-likeness (QED) is 0.637. The van der Waals surface area contributed by atoms with E-state index < -0.39 is 0 Å². The molecule has 0 spiro atoms. The Balaban J connectivity index is 2.05. The van der Waals surface area contributed by atoms with Crippen LogP contribution in [-0.4, -0.2) is 6.10 Å². The van der Waals surface area contributed by atoms with E-state index in [2.05, 4.69) is 6.07 Å². The predicted molar refractivity (Wildman–Crippen MR) is 56.5 cm³/mol. The van der Waals surface area contributed by atoms with Crippen LogP contribution in [0.3, 0.4) is 0 Å². The highest BCUT2D eigenvalue weighted by Crippen LogP contribution is 2.47. The Labute approximate surface area is 84.1 Å². The third-order valence-corrected chi connectivity index (χ3v) is 3.45. The van der Waals surface area contributed by atoms with Gasteiger partial charge in [0.25, 0.3) is 0 Å². The molecule has 1 aromatic rings. The normalized spacial score (nSPS) is 29.1. The van der Waals surface area contributed by atoms with E-state index in [1.165, 1.54) is 31.2 Å². The second kappa shape index (κ2) is 2.91. The number of ether oxygens (including phenoxy) is 1. The molecule has 0 bridgehead atoms. The largest absolute Gasteiger partial charge is 0.487 e. The van der Waals surface area contributed by atoms with Crippen molar-refractivity contribution in [1.82, 2.24) is 0 Å². The number of nitrogens with two attached hydrogens (primary N) is 1. The van der Waals surface area contributed by atoms with Crippen molar-refractivity contribution in [2.45, 2.75) is 37.7 Å². The van der Waals surface area contributed by atoms with Crippen LogP contribution < -0.4 is 10.5 Å². The van der Waals surface area contributed by atoms with Crippen molar-refractivity contribution in [2.24, 2.45) is 0 Å². The van der Waals surface area contributed by atoms with Gasteiger partial charge in [-0.05, 0) is 25.3 Å². The van der Waals surface area contributed by atoms with Gasteiger partial charge in [0.2, 0.25) is 0 Å². The number of fused-ring (bicyclic) bond motifs is 3. The lowest BCUT2D eigenvalue weighted by Crippen LogP contribution is -2.22. The minimum atomic E-state index is 0.406. The summed E-state index contributed by atoms with van der Waals surface area (Å²) in [5, 5.41) is 0. The fraction of sp³-hybridized carbons (Fsp3) is 0.500. The number of hydrogen-bond acceptors (Lipinski definition) is 2. The summed E-state index contributed by atoms with van der Waals surface area (Å²) in [6, 6.07) is 6.13. The molecule has 1 saturated carbocycles. The van der Waals surface area contributed by atoms with E-state index in [0.717, 1.165) is 11.4 Å². The van der Waals surface area contributed by atoms with Gasteiger partial charge in [-0.2, -0.15) is 0 Å². The fourth-order valence-corrected chi connectivity index (χ4v) is 2.75. The molecule has 2 aliphatic rings. The van der Waals surface area contributed by atoms with Gasteiger partial charge in [-0.25, -0.2) is 0 Å². The standard InChI is InChI=1S/C12H15NO/c13-10-6-3-5-9-8-4-1-2-7-11(8)14-12(9)10/h3,5-6,8,11H,1-2,4,7,13H2. The first-order chi connectivity index (χ1) is 6.86. The Morgan fingerprint density at radius 3 is 3.00 bits per heavy atom. The number of para-hydroxylation sites is 1. The van der Waals surface area contributed by atoms with Crippen LogP contribution in [0.4, 0.5) is 5.69 Å². The van der Waals surface area contributed by atoms with Gasteiger partial charge in [0.05, 0.1) is 5.69 Å². The second-order valence-corrected chi connectivity index (χ2v) is 4.31. The van der Waals surface area contributed by atoms with E-state index in [1.54, 1.807) is 0 Å².